The van der Waals surface area contributed by atoms with Crippen molar-refractivity contribution < 1.29 is 26.3 Å². The third-order valence-electron chi connectivity index (χ3n) is 17.2. The van der Waals surface area contributed by atoms with Crippen LogP contribution in [0.25, 0.3) is 68.3 Å². The molecule has 7 nitrogen and oxygen atoms in total. The molecule has 0 radical (unpaired) electrons. The van der Waals surface area contributed by atoms with Crippen molar-refractivity contribution in [2.45, 2.75) is 43.5 Å². The summed E-state index contributed by atoms with van der Waals surface area (Å²) in [6.07, 6.45) is -8.05. The first-order valence-electron chi connectivity index (χ1n) is 32.0. The van der Waals surface area contributed by atoms with E-state index in [-0.39, 0.29) is 22.3 Å². The monoisotopic (exact) mass is 1380 g/mol. The smallest absolute Gasteiger partial charge is 0.311 e. The first kappa shape index (κ1) is 67.5. The summed E-state index contributed by atoms with van der Waals surface area (Å²) < 4.78 is 89.4. The third kappa shape index (κ3) is 15.7. The second-order valence-electron chi connectivity index (χ2n) is 23.7. The van der Waals surface area contributed by atoms with Gasteiger partial charge in [0.1, 0.15) is 10.8 Å². The van der Waals surface area contributed by atoms with E-state index in [1.165, 1.54) is 61.4 Å². The van der Waals surface area contributed by atoms with E-state index in [0.29, 0.717) is 46.1 Å². The molecule has 2 unspecified atom stereocenters. The number of benzene rings is 12. The molecule has 2 aromatic heterocycles. The molecular weight excluding hydrogens is 1310 g/mol. The van der Waals surface area contributed by atoms with Crippen molar-refractivity contribution >= 4 is 33.0 Å². The fourth-order valence-corrected chi connectivity index (χ4v) is 11.8. The zero-order valence-corrected chi connectivity index (χ0v) is 55.4. The molecule has 14 heteroatoms. The zero-order valence-electron chi connectivity index (χ0n) is 53.8. The first-order valence-corrected chi connectivity index (χ1v) is 32.7. The highest BCUT2D eigenvalue weighted by Gasteiger charge is 2.54. The summed E-state index contributed by atoms with van der Waals surface area (Å²) in [5.41, 5.74) is 5.81. The summed E-state index contributed by atoms with van der Waals surface area (Å²) >= 11 is 3.30. The second-order valence-corrected chi connectivity index (χ2v) is 24.6. The standard InChI is InChI=1S/C42H31F3N4.C30H21BrF3N3.C13H12/c1-41(42(43,44)45,34-26-28-37(29-27-34)49(35-18-10-4-11-19-35)36-20-12-5-13-21-36)33-24-22-32(23-25-33)40-47-38(30-14-6-2-7-15-30)46-39(48-40)31-16-8-3-9-17-31;1-29(30(32,33)34,24-16-18-25(31)19-17-24)23-14-12-22(13-15-23)28-36-26(20-8-4-2-5-9-20)35-27(37-28)21-10-6-3-7-11-21;1-3-7-12(8-4-1)11-13-9-5-2-6-10-13/h2-29H,1H3;2-19H,1H3;1-10H,11H2. The van der Waals surface area contributed by atoms with Gasteiger partial charge in [0.2, 0.25) is 0 Å². The minimum Gasteiger partial charge on any atom is -0.311 e. The van der Waals surface area contributed by atoms with Crippen LogP contribution >= 0.6 is 15.9 Å². The molecule has 99 heavy (non-hydrogen) atoms. The number of aromatic nitrogens is 6. The van der Waals surface area contributed by atoms with E-state index in [9.17, 15) is 13.2 Å². The van der Waals surface area contributed by atoms with Gasteiger partial charge in [0.15, 0.2) is 34.9 Å². The molecule has 14 aromatic rings. The van der Waals surface area contributed by atoms with Gasteiger partial charge in [0.25, 0.3) is 0 Å². The Kier molecular flexibility index (Phi) is 20.7. The minimum absolute atomic E-state index is 0.111. The zero-order chi connectivity index (χ0) is 68.8. The molecule has 488 valence electrons. The number of halogens is 7. The number of rotatable bonds is 15. The lowest BCUT2D eigenvalue weighted by atomic mass is 9.75. The molecule has 0 amide bonds. The van der Waals surface area contributed by atoms with Crippen LogP contribution < -0.4 is 4.90 Å². The summed E-state index contributed by atoms with van der Waals surface area (Å²) in [5, 5.41) is 0. The fourth-order valence-electron chi connectivity index (χ4n) is 11.5. The van der Waals surface area contributed by atoms with Crippen LogP contribution in [-0.2, 0) is 17.3 Å². The Labute approximate surface area is 580 Å². The Balaban J connectivity index is 0.000000163. The summed E-state index contributed by atoms with van der Waals surface area (Å²) in [6, 6.07) is 104. The highest BCUT2D eigenvalue weighted by molar-refractivity contribution is 9.10. The van der Waals surface area contributed by atoms with Crippen molar-refractivity contribution in [2.75, 3.05) is 4.90 Å². The van der Waals surface area contributed by atoms with Crippen LogP contribution in [0.15, 0.2) is 344 Å². The van der Waals surface area contributed by atoms with E-state index in [1.54, 1.807) is 60.7 Å². The first-order chi connectivity index (χ1) is 48.0. The quantitative estimate of drug-likeness (QED) is 0.0946. The summed E-state index contributed by atoms with van der Waals surface area (Å²) in [6.45, 7) is 2.43. The van der Waals surface area contributed by atoms with Gasteiger partial charge in [-0.25, -0.2) is 29.9 Å². The van der Waals surface area contributed by atoms with E-state index in [2.05, 4.69) is 91.5 Å². The molecule has 0 N–H and O–H groups in total. The average molecular weight is 1380 g/mol. The average Bonchev–Trinajstić information content (AvgIpc) is 0.760. The molecule has 0 saturated carbocycles. The van der Waals surface area contributed by atoms with E-state index in [1.807, 2.05) is 187 Å². The summed E-state index contributed by atoms with van der Waals surface area (Å²) in [4.78, 5) is 30.2. The molecule has 0 aliphatic heterocycles. The summed E-state index contributed by atoms with van der Waals surface area (Å²) in [7, 11) is 0. The topological polar surface area (TPSA) is 80.6 Å². The van der Waals surface area contributed by atoms with Gasteiger partial charge in [-0.05, 0) is 102 Å². The lowest BCUT2D eigenvalue weighted by Gasteiger charge is -2.34. The molecule has 0 fully saturated rings. The molecule has 0 aliphatic rings. The van der Waals surface area contributed by atoms with Crippen LogP contribution in [0.5, 0.6) is 0 Å². The SMILES string of the molecule is CC(c1ccc(-c2nc(-c3ccccc3)nc(-c3ccccc3)n2)cc1)(c1ccc(N(c2ccccc2)c2ccccc2)cc1)C(F)(F)F.CC(c1ccc(Br)cc1)(c1ccc(-c2nc(-c3ccccc3)nc(-c3ccccc3)n2)cc1)C(F)(F)F.c1ccc(Cc2ccccc2)cc1. The summed E-state index contributed by atoms with van der Waals surface area (Å²) in [5.74, 6) is 2.70. The van der Waals surface area contributed by atoms with Crippen LogP contribution in [0.3, 0.4) is 0 Å². The molecular formula is C85H64BrF6N7. The number of nitrogens with zero attached hydrogens (tertiary/aromatic N) is 7. The Hall–Kier alpha value is -11.5. The molecule has 0 saturated heterocycles. The number of anilines is 3. The van der Waals surface area contributed by atoms with Gasteiger partial charge < -0.3 is 4.90 Å². The van der Waals surface area contributed by atoms with Crippen molar-refractivity contribution in [3.05, 3.63) is 378 Å². The normalized spacial score (nSPS) is 12.5. The molecule has 12 aromatic carbocycles. The molecule has 2 heterocycles. The van der Waals surface area contributed by atoms with Gasteiger partial charge >= 0.3 is 12.4 Å². The van der Waals surface area contributed by atoms with Crippen molar-refractivity contribution in [3.63, 3.8) is 0 Å². The van der Waals surface area contributed by atoms with Crippen molar-refractivity contribution in [1.29, 1.82) is 0 Å². The van der Waals surface area contributed by atoms with Crippen LogP contribution in [-0.4, -0.2) is 42.3 Å². The number of hydrogen-bond donors (Lipinski definition) is 0. The fraction of sp³-hybridized carbons (Fsp3) is 0.0824. The van der Waals surface area contributed by atoms with Crippen molar-refractivity contribution in [3.8, 4) is 68.3 Å². The maximum Gasteiger partial charge on any atom is 0.402 e. The van der Waals surface area contributed by atoms with Gasteiger partial charge in [-0.3, -0.25) is 0 Å². The Morgan fingerprint density at radius 1 is 0.253 bits per heavy atom. The predicted molar refractivity (Wildman–Crippen MR) is 388 cm³/mol. The molecule has 0 aliphatic carbocycles. The Morgan fingerprint density at radius 2 is 0.455 bits per heavy atom. The minimum atomic E-state index is -4.58. The largest absolute Gasteiger partial charge is 0.402 e. The van der Waals surface area contributed by atoms with Crippen molar-refractivity contribution in [2.24, 2.45) is 0 Å². The number of hydrogen-bond acceptors (Lipinski definition) is 7. The van der Waals surface area contributed by atoms with Gasteiger partial charge in [-0.1, -0.05) is 307 Å². The highest BCUT2D eigenvalue weighted by atomic mass is 79.9. The Bertz CT molecular complexity index is 4690. The van der Waals surface area contributed by atoms with Crippen LogP contribution in [0.2, 0.25) is 0 Å². The van der Waals surface area contributed by atoms with Gasteiger partial charge in [-0.2, -0.15) is 26.3 Å². The molecule has 14 rings (SSSR count). The highest BCUT2D eigenvalue weighted by Crippen LogP contribution is 2.49. The molecule has 0 bridgehead atoms. The molecule has 2 atom stereocenters. The lowest BCUT2D eigenvalue weighted by molar-refractivity contribution is -0.173. The molecule has 0 spiro atoms. The van der Waals surface area contributed by atoms with E-state index in [4.69, 9.17) is 15.0 Å². The lowest BCUT2D eigenvalue weighted by Crippen LogP contribution is -2.40. The third-order valence-corrected chi connectivity index (χ3v) is 17.7. The van der Waals surface area contributed by atoms with Crippen molar-refractivity contribution in [1.82, 2.24) is 29.9 Å². The van der Waals surface area contributed by atoms with Gasteiger partial charge in [0.05, 0.1) is 0 Å². The van der Waals surface area contributed by atoms with Crippen LogP contribution in [0.4, 0.5) is 43.4 Å². The van der Waals surface area contributed by atoms with Crippen LogP contribution in [0.1, 0.15) is 47.2 Å². The maximum atomic E-state index is 15.1. The van der Waals surface area contributed by atoms with Crippen LogP contribution in [0, 0.1) is 0 Å². The van der Waals surface area contributed by atoms with E-state index >= 15 is 13.2 Å². The number of alkyl halides is 6. The maximum absolute atomic E-state index is 15.1. The van der Waals surface area contributed by atoms with Gasteiger partial charge in [-0.15, -0.1) is 0 Å². The Morgan fingerprint density at radius 3 is 0.707 bits per heavy atom. The predicted octanol–water partition coefficient (Wildman–Crippen LogP) is 23.0. The van der Waals surface area contributed by atoms with Gasteiger partial charge in [0, 0.05) is 54.9 Å². The number of para-hydroxylation sites is 2. The second kappa shape index (κ2) is 30.3. The van der Waals surface area contributed by atoms with E-state index in [0.717, 1.165) is 50.2 Å². The van der Waals surface area contributed by atoms with E-state index < -0.39 is 23.2 Å².